The first-order valence-corrected chi connectivity index (χ1v) is 10.8. The Morgan fingerprint density at radius 2 is 1.94 bits per heavy atom. The summed E-state index contributed by atoms with van der Waals surface area (Å²) in [6.45, 7) is 3.88. The predicted octanol–water partition coefficient (Wildman–Crippen LogP) is 4.66. The smallest absolute Gasteiger partial charge is 0.337 e. The molecule has 2 aromatic heterocycles. The number of fused-ring (bicyclic) bond motifs is 1. The molecule has 0 unspecified atom stereocenters. The van der Waals surface area contributed by atoms with Crippen molar-refractivity contribution in [3.63, 3.8) is 0 Å². The summed E-state index contributed by atoms with van der Waals surface area (Å²) in [5.41, 5.74) is 3.78. The molecule has 0 radical (unpaired) electrons. The highest BCUT2D eigenvalue weighted by Crippen LogP contribution is 2.24. The summed E-state index contributed by atoms with van der Waals surface area (Å²) in [6, 6.07) is 14.6. The van der Waals surface area contributed by atoms with Gasteiger partial charge in [0.1, 0.15) is 0 Å². The average Bonchev–Trinajstić information content (AvgIpc) is 3.34. The summed E-state index contributed by atoms with van der Waals surface area (Å²) >= 11 is 1.46. The second-order valence-electron chi connectivity index (χ2n) is 7.06. The first kappa shape index (κ1) is 20.7. The first-order valence-electron chi connectivity index (χ1n) is 9.95. The number of para-hydroxylation sites is 1. The molecule has 0 spiro atoms. The van der Waals surface area contributed by atoms with Crippen LogP contribution in [0.25, 0.3) is 15.3 Å². The molecular formula is C23H22N4O3S. The largest absolute Gasteiger partial charge is 0.465 e. The summed E-state index contributed by atoms with van der Waals surface area (Å²) in [6.07, 6.45) is 1.60. The molecule has 4 rings (SSSR count). The van der Waals surface area contributed by atoms with E-state index in [4.69, 9.17) is 4.74 Å². The van der Waals surface area contributed by atoms with Gasteiger partial charge in [-0.1, -0.05) is 36.8 Å². The second-order valence-corrected chi connectivity index (χ2v) is 8.06. The van der Waals surface area contributed by atoms with Crippen LogP contribution in [0.2, 0.25) is 0 Å². The zero-order valence-corrected chi connectivity index (χ0v) is 18.3. The fourth-order valence-electron chi connectivity index (χ4n) is 3.42. The molecule has 0 atom stereocenters. The van der Waals surface area contributed by atoms with Crippen LogP contribution in [-0.2, 0) is 11.2 Å². The number of carbonyl (C=O) groups excluding carboxylic acids is 1. The Balaban J connectivity index is 1.75. The molecule has 8 heteroatoms. The van der Waals surface area contributed by atoms with Gasteiger partial charge in [0.05, 0.1) is 39.9 Å². The number of aromatic amines is 1. The van der Waals surface area contributed by atoms with Crippen molar-refractivity contribution in [3.05, 3.63) is 75.7 Å². The van der Waals surface area contributed by atoms with Gasteiger partial charge in [0.25, 0.3) is 5.56 Å². The highest BCUT2D eigenvalue weighted by molar-refractivity contribution is 7.20. The Labute approximate surface area is 183 Å². The normalized spacial score (nSPS) is 11.8. The number of nitrogens with zero attached hydrogens (tertiary/aromatic N) is 3. The van der Waals surface area contributed by atoms with Gasteiger partial charge in [0, 0.05) is 5.69 Å². The number of H-pyrrole nitrogens is 1. The quantitative estimate of drug-likeness (QED) is 0.353. The zero-order chi connectivity index (χ0) is 22.0. The molecule has 158 valence electrons. The van der Waals surface area contributed by atoms with E-state index in [1.807, 2.05) is 31.2 Å². The third-order valence-corrected chi connectivity index (χ3v) is 5.91. The van der Waals surface area contributed by atoms with Crippen LogP contribution in [0.1, 0.15) is 41.9 Å². The number of esters is 1. The molecule has 0 aliphatic heterocycles. The van der Waals surface area contributed by atoms with E-state index in [0.29, 0.717) is 27.7 Å². The highest BCUT2D eigenvalue weighted by atomic mass is 32.1. The van der Waals surface area contributed by atoms with Crippen molar-refractivity contribution >= 4 is 38.9 Å². The van der Waals surface area contributed by atoms with Crippen LogP contribution in [0.5, 0.6) is 0 Å². The Hall–Kier alpha value is -3.52. The molecule has 0 bridgehead atoms. The maximum Gasteiger partial charge on any atom is 0.337 e. The van der Waals surface area contributed by atoms with Gasteiger partial charge in [-0.2, -0.15) is 4.68 Å². The lowest BCUT2D eigenvalue weighted by atomic mass is 10.1. The molecular weight excluding hydrogens is 412 g/mol. The van der Waals surface area contributed by atoms with Gasteiger partial charge in [-0.15, -0.1) is 0 Å². The second kappa shape index (κ2) is 8.69. The molecule has 0 saturated carbocycles. The number of methoxy groups -OCH3 is 1. The van der Waals surface area contributed by atoms with Gasteiger partial charge >= 0.3 is 5.97 Å². The van der Waals surface area contributed by atoms with Gasteiger partial charge in [0.15, 0.2) is 0 Å². The SMILES string of the molecule is CCCc1[nH]n(-c2nc3ccccc3s2)c(=O)c1C(C)=Nc1ccc(C(=O)OC)cc1. The molecule has 1 N–H and O–H groups in total. The van der Waals surface area contributed by atoms with Crippen LogP contribution >= 0.6 is 11.3 Å². The predicted molar refractivity (Wildman–Crippen MR) is 123 cm³/mol. The molecule has 0 aliphatic carbocycles. The standard InChI is InChI=1S/C23H22N4O3S/c1-4-7-18-20(14(2)24-16-12-10-15(11-13-16)22(29)30-3)21(28)27(26-18)23-25-17-8-5-6-9-19(17)31-23/h5-6,8-13,26H,4,7H2,1-3H3. The highest BCUT2D eigenvalue weighted by Gasteiger charge is 2.19. The number of aromatic nitrogens is 3. The lowest BCUT2D eigenvalue weighted by Gasteiger charge is -2.02. The number of hydrogen-bond acceptors (Lipinski definition) is 6. The maximum absolute atomic E-state index is 13.3. The fourth-order valence-corrected chi connectivity index (χ4v) is 4.34. The van der Waals surface area contributed by atoms with Crippen molar-refractivity contribution in [1.82, 2.24) is 14.8 Å². The van der Waals surface area contributed by atoms with Crippen molar-refractivity contribution < 1.29 is 9.53 Å². The lowest BCUT2D eigenvalue weighted by molar-refractivity contribution is 0.0601. The number of aliphatic imine (C=N–C) groups is 1. The summed E-state index contributed by atoms with van der Waals surface area (Å²) in [5.74, 6) is -0.401. The topological polar surface area (TPSA) is 89.3 Å². The average molecular weight is 435 g/mol. The minimum Gasteiger partial charge on any atom is -0.465 e. The minimum atomic E-state index is -0.401. The van der Waals surface area contributed by atoms with Crippen molar-refractivity contribution in [1.29, 1.82) is 0 Å². The third-order valence-electron chi connectivity index (χ3n) is 4.89. The van der Waals surface area contributed by atoms with Gasteiger partial charge in [-0.3, -0.25) is 14.9 Å². The van der Waals surface area contributed by atoms with Crippen LogP contribution in [-0.4, -0.2) is 33.6 Å². The van der Waals surface area contributed by atoms with Gasteiger partial charge in [0.2, 0.25) is 5.13 Å². The monoisotopic (exact) mass is 434 g/mol. The number of hydrogen-bond donors (Lipinski definition) is 1. The zero-order valence-electron chi connectivity index (χ0n) is 17.5. The van der Waals surface area contributed by atoms with E-state index in [1.54, 1.807) is 24.3 Å². The van der Waals surface area contributed by atoms with Crippen molar-refractivity contribution in [2.75, 3.05) is 7.11 Å². The van der Waals surface area contributed by atoms with E-state index in [9.17, 15) is 9.59 Å². The van der Waals surface area contributed by atoms with Crippen LogP contribution < -0.4 is 5.56 Å². The number of benzene rings is 2. The van der Waals surface area contributed by atoms with Gasteiger partial charge in [-0.05, 0) is 49.7 Å². The number of ether oxygens (including phenoxy) is 1. The molecule has 0 aliphatic rings. The molecule has 0 saturated heterocycles. The van der Waals surface area contributed by atoms with E-state index in [1.165, 1.54) is 23.1 Å². The van der Waals surface area contributed by atoms with E-state index < -0.39 is 5.97 Å². The summed E-state index contributed by atoms with van der Waals surface area (Å²) in [4.78, 5) is 34.2. The number of nitrogens with one attached hydrogen (secondary N) is 1. The number of rotatable bonds is 6. The fraction of sp³-hybridized carbons (Fsp3) is 0.217. The Morgan fingerprint density at radius 1 is 1.19 bits per heavy atom. The lowest BCUT2D eigenvalue weighted by Crippen LogP contribution is -2.19. The summed E-state index contributed by atoms with van der Waals surface area (Å²) in [7, 11) is 1.34. The van der Waals surface area contributed by atoms with Crippen LogP contribution in [0.3, 0.4) is 0 Å². The van der Waals surface area contributed by atoms with Crippen molar-refractivity contribution in [3.8, 4) is 5.13 Å². The molecule has 31 heavy (non-hydrogen) atoms. The molecule has 4 aromatic rings. The number of thiazole rings is 1. The van der Waals surface area contributed by atoms with Crippen molar-refractivity contribution in [2.24, 2.45) is 4.99 Å². The molecule has 2 heterocycles. The summed E-state index contributed by atoms with van der Waals surface area (Å²) < 4.78 is 7.25. The Morgan fingerprint density at radius 3 is 2.61 bits per heavy atom. The van der Waals surface area contributed by atoms with Gasteiger partial charge in [-0.25, -0.2) is 9.78 Å². The van der Waals surface area contributed by atoms with E-state index >= 15 is 0 Å². The van der Waals surface area contributed by atoms with Crippen LogP contribution in [0.15, 0.2) is 58.3 Å². The van der Waals surface area contributed by atoms with Gasteiger partial charge < -0.3 is 4.74 Å². The molecule has 2 aromatic carbocycles. The summed E-state index contributed by atoms with van der Waals surface area (Å²) in [5, 5.41) is 3.84. The molecule has 0 fully saturated rings. The van der Waals surface area contributed by atoms with Crippen LogP contribution in [0.4, 0.5) is 5.69 Å². The minimum absolute atomic E-state index is 0.171. The Bertz CT molecular complexity index is 1300. The Kier molecular flexibility index (Phi) is 5.81. The van der Waals surface area contributed by atoms with E-state index in [-0.39, 0.29) is 5.56 Å². The third kappa shape index (κ3) is 4.06. The van der Waals surface area contributed by atoms with E-state index in [0.717, 1.165) is 28.8 Å². The number of aryl methyl sites for hydroxylation is 1. The molecule has 0 amide bonds. The van der Waals surface area contributed by atoms with Crippen molar-refractivity contribution in [2.45, 2.75) is 26.7 Å². The van der Waals surface area contributed by atoms with E-state index in [2.05, 4.69) is 22.0 Å². The number of carbonyl (C=O) groups is 1. The molecule has 7 nitrogen and oxygen atoms in total. The maximum atomic E-state index is 13.3. The van der Waals surface area contributed by atoms with Crippen LogP contribution in [0, 0.1) is 0 Å². The first-order chi connectivity index (χ1) is 15.0.